The first-order valence-corrected chi connectivity index (χ1v) is 14.5. The number of carbonyl (C=O) groups is 1. The molecular weight excluding hydrogens is 506 g/mol. The number of allylic oxidation sites excluding steroid dienone is 8. The van der Waals surface area contributed by atoms with Crippen molar-refractivity contribution < 1.29 is 24.5 Å². The molecule has 1 heterocycles. The summed E-state index contributed by atoms with van der Waals surface area (Å²) in [4.78, 5) is 16.3. The summed E-state index contributed by atoms with van der Waals surface area (Å²) in [5, 5.41) is 23.9. The molecule has 220 valence electrons. The van der Waals surface area contributed by atoms with Crippen molar-refractivity contribution in [3.05, 3.63) is 71.4 Å². The quantitative estimate of drug-likeness (QED) is 0.0915. The van der Waals surface area contributed by atoms with Gasteiger partial charge in [-0.15, -0.1) is 0 Å². The minimum Gasteiger partial charge on any atom is -0.479 e. The minimum atomic E-state index is -1.03. The summed E-state index contributed by atoms with van der Waals surface area (Å²) in [5.74, 6) is -0.887. The van der Waals surface area contributed by atoms with E-state index in [0.29, 0.717) is 26.2 Å². The number of nitrogens with zero attached hydrogens (tertiary/aromatic N) is 1. The predicted molar refractivity (Wildman–Crippen MR) is 160 cm³/mol. The average Bonchev–Trinajstić information content (AvgIpc) is 2.94. The van der Waals surface area contributed by atoms with E-state index in [0.717, 1.165) is 48.8 Å². The van der Waals surface area contributed by atoms with Gasteiger partial charge in [0.2, 0.25) is 0 Å². The number of hydrogen-bond donors (Lipinski definition) is 4. The third-order valence-electron chi connectivity index (χ3n) is 7.71. The minimum absolute atomic E-state index is 0.0323. The SMILES string of the molecule is CC=CC(=CC(NC(N)=NCC=C1C(C2COCCO2)=CC(C2(C)C=CCC=C2)CC1O)C(=O)O)CCCCC. The summed E-state index contributed by atoms with van der Waals surface area (Å²) in [6.45, 7) is 7.91. The summed E-state index contributed by atoms with van der Waals surface area (Å²) < 4.78 is 11.7. The van der Waals surface area contributed by atoms with Crippen LogP contribution in [0.4, 0.5) is 0 Å². The molecule has 2 aliphatic carbocycles. The number of aliphatic carboxylic acids is 1. The Kier molecular flexibility index (Phi) is 12.4. The van der Waals surface area contributed by atoms with Crippen LogP contribution in [0.15, 0.2) is 76.4 Å². The Morgan fingerprint density at radius 1 is 1.30 bits per heavy atom. The van der Waals surface area contributed by atoms with Gasteiger partial charge in [-0.25, -0.2) is 9.79 Å². The normalized spacial score (nSPS) is 27.1. The molecular formula is C32H47N3O5. The molecule has 1 aliphatic heterocycles. The fourth-order valence-electron chi connectivity index (χ4n) is 5.47. The van der Waals surface area contributed by atoms with E-state index in [9.17, 15) is 15.0 Å². The van der Waals surface area contributed by atoms with Gasteiger partial charge in [0.25, 0.3) is 0 Å². The van der Waals surface area contributed by atoms with E-state index in [4.69, 9.17) is 15.2 Å². The molecule has 0 spiro atoms. The third kappa shape index (κ3) is 9.04. The molecule has 8 nitrogen and oxygen atoms in total. The number of hydrogen-bond acceptors (Lipinski definition) is 5. The monoisotopic (exact) mass is 553 g/mol. The van der Waals surface area contributed by atoms with Gasteiger partial charge in [-0.1, -0.05) is 75.3 Å². The highest BCUT2D eigenvalue weighted by molar-refractivity contribution is 5.86. The molecule has 4 unspecified atom stereocenters. The predicted octanol–water partition coefficient (Wildman–Crippen LogP) is 4.60. The highest BCUT2D eigenvalue weighted by Crippen LogP contribution is 2.43. The van der Waals surface area contributed by atoms with Crippen LogP contribution in [0.1, 0.15) is 59.3 Å². The number of carboxylic acids is 1. The molecule has 0 aromatic heterocycles. The molecule has 0 bridgehead atoms. The van der Waals surface area contributed by atoms with Crippen LogP contribution >= 0.6 is 0 Å². The zero-order valence-corrected chi connectivity index (χ0v) is 24.2. The van der Waals surface area contributed by atoms with E-state index in [-0.39, 0.29) is 29.9 Å². The molecule has 0 amide bonds. The summed E-state index contributed by atoms with van der Waals surface area (Å²) in [6, 6.07) is -0.995. The fourth-order valence-corrected chi connectivity index (χ4v) is 5.47. The molecule has 3 aliphatic rings. The number of nitrogens with one attached hydrogen (secondary N) is 1. The first kappa shape index (κ1) is 31.6. The Morgan fingerprint density at radius 3 is 2.73 bits per heavy atom. The molecule has 0 aromatic carbocycles. The van der Waals surface area contributed by atoms with E-state index < -0.39 is 18.1 Å². The fraction of sp³-hybridized carbons (Fsp3) is 0.562. The zero-order chi connectivity index (χ0) is 29.0. The molecule has 4 atom stereocenters. The number of aliphatic hydroxyl groups is 1. The zero-order valence-electron chi connectivity index (χ0n) is 24.2. The topological polar surface area (TPSA) is 126 Å². The Labute approximate surface area is 239 Å². The van der Waals surface area contributed by atoms with Crippen molar-refractivity contribution in [3.63, 3.8) is 0 Å². The maximum Gasteiger partial charge on any atom is 0.330 e. The van der Waals surface area contributed by atoms with Gasteiger partial charge in [-0.2, -0.15) is 0 Å². The van der Waals surface area contributed by atoms with Crippen molar-refractivity contribution >= 4 is 11.9 Å². The van der Waals surface area contributed by atoms with Crippen LogP contribution < -0.4 is 11.1 Å². The molecule has 8 heteroatoms. The van der Waals surface area contributed by atoms with Crippen molar-refractivity contribution in [2.24, 2.45) is 22.1 Å². The van der Waals surface area contributed by atoms with Gasteiger partial charge in [-0.3, -0.25) is 0 Å². The van der Waals surface area contributed by atoms with Crippen molar-refractivity contribution in [1.29, 1.82) is 0 Å². The molecule has 1 fully saturated rings. The van der Waals surface area contributed by atoms with Crippen LogP contribution in [0, 0.1) is 11.3 Å². The summed E-state index contributed by atoms with van der Waals surface area (Å²) in [5.41, 5.74) is 8.57. The number of unbranched alkanes of at least 4 members (excludes halogenated alkanes) is 2. The van der Waals surface area contributed by atoms with E-state index >= 15 is 0 Å². The first-order chi connectivity index (χ1) is 19.3. The van der Waals surface area contributed by atoms with Crippen LogP contribution in [-0.2, 0) is 14.3 Å². The molecule has 0 saturated carbocycles. The van der Waals surface area contributed by atoms with Crippen LogP contribution in [0.25, 0.3) is 0 Å². The van der Waals surface area contributed by atoms with Gasteiger partial charge in [0.15, 0.2) is 5.96 Å². The van der Waals surface area contributed by atoms with Crippen LogP contribution in [0.5, 0.6) is 0 Å². The molecule has 3 rings (SSSR count). The van der Waals surface area contributed by atoms with Crippen molar-refractivity contribution in [2.75, 3.05) is 26.4 Å². The molecule has 1 saturated heterocycles. The van der Waals surface area contributed by atoms with Gasteiger partial charge in [0.05, 0.1) is 32.5 Å². The first-order valence-electron chi connectivity index (χ1n) is 14.5. The number of aliphatic imine (C=N–C) groups is 1. The Balaban J connectivity index is 1.78. The van der Waals surface area contributed by atoms with Crippen LogP contribution in [-0.4, -0.2) is 66.8 Å². The summed E-state index contributed by atoms with van der Waals surface area (Å²) in [7, 11) is 0. The largest absolute Gasteiger partial charge is 0.479 e. The number of guanidine groups is 1. The smallest absolute Gasteiger partial charge is 0.330 e. The lowest BCUT2D eigenvalue weighted by Crippen LogP contribution is -2.43. The van der Waals surface area contributed by atoms with E-state index in [1.54, 1.807) is 6.08 Å². The standard InChI is InChI=1S/C32H47N3O5/c1-4-6-8-12-23(11-5-2)19-27(30(37)38)35-31(33)34-16-13-25-26(29-22-39-17-18-40-29)20-24(21-28(25)36)32(3)14-9-7-10-15-32/h5,9-11,13-15,19-20,24,27-29,36H,4,6-8,12,16-18,21-22H2,1-3H3,(H,37,38)(H3,33,34,35). The van der Waals surface area contributed by atoms with Gasteiger partial charge in [0, 0.05) is 5.41 Å². The van der Waals surface area contributed by atoms with Crippen molar-refractivity contribution in [3.8, 4) is 0 Å². The second-order valence-corrected chi connectivity index (χ2v) is 10.9. The lowest BCUT2D eigenvalue weighted by Gasteiger charge is -2.40. The Morgan fingerprint density at radius 2 is 2.08 bits per heavy atom. The highest BCUT2D eigenvalue weighted by atomic mass is 16.6. The average molecular weight is 554 g/mol. The number of aliphatic hydroxyl groups excluding tert-OH is 1. The second kappa shape index (κ2) is 15.7. The van der Waals surface area contributed by atoms with Gasteiger partial charge in [0.1, 0.15) is 12.1 Å². The van der Waals surface area contributed by atoms with E-state index in [1.165, 1.54) is 0 Å². The summed E-state index contributed by atoms with van der Waals surface area (Å²) in [6.07, 6.45) is 22.9. The molecule has 5 N–H and O–H groups in total. The number of rotatable bonds is 12. The number of carboxylic acid groups (broad SMARTS) is 1. The van der Waals surface area contributed by atoms with E-state index in [1.807, 2.05) is 25.2 Å². The van der Waals surface area contributed by atoms with Crippen molar-refractivity contribution in [1.82, 2.24) is 5.32 Å². The second-order valence-electron chi connectivity index (χ2n) is 10.9. The van der Waals surface area contributed by atoms with Gasteiger partial charge >= 0.3 is 5.97 Å². The Bertz CT molecular complexity index is 1050. The van der Waals surface area contributed by atoms with E-state index in [2.05, 4.69) is 54.5 Å². The van der Waals surface area contributed by atoms with Gasteiger partial charge < -0.3 is 30.7 Å². The van der Waals surface area contributed by atoms with Crippen LogP contribution in [0.2, 0.25) is 0 Å². The maximum atomic E-state index is 11.9. The lowest BCUT2D eigenvalue weighted by atomic mass is 9.67. The molecule has 40 heavy (non-hydrogen) atoms. The maximum absolute atomic E-state index is 11.9. The summed E-state index contributed by atoms with van der Waals surface area (Å²) >= 11 is 0. The lowest BCUT2D eigenvalue weighted by molar-refractivity contribution is -0.137. The van der Waals surface area contributed by atoms with Crippen LogP contribution in [0.3, 0.4) is 0 Å². The third-order valence-corrected chi connectivity index (χ3v) is 7.71. The Hall–Kier alpha value is -2.94. The molecule has 0 aromatic rings. The highest BCUT2D eigenvalue weighted by Gasteiger charge is 2.38. The molecule has 0 radical (unpaired) electrons. The number of nitrogens with two attached hydrogens (primary N) is 1. The van der Waals surface area contributed by atoms with Crippen molar-refractivity contribution in [2.45, 2.75) is 77.5 Å². The number of ether oxygens (including phenoxy) is 2. The van der Waals surface area contributed by atoms with Gasteiger partial charge in [-0.05, 0) is 61.3 Å².